The van der Waals surface area contributed by atoms with E-state index in [1.807, 2.05) is 6.92 Å². The number of rotatable bonds is 4. The molecule has 1 rings (SSSR count). The molecule has 3 nitrogen and oxygen atoms in total. The zero-order valence-corrected chi connectivity index (χ0v) is 8.37. The monoisotopic (exact) mass is 203 g/mol. The van der Waals surface area contributed by atoms with Crippen LogP contribution in [0.1, 0.15) is 44.1 Å². The van der Waals surface area contributed by atoms with Crippen LogP contribution < -0.4 is 5.73 Å². The normalized spacial score (nSPS) is 13.6. The van der Waals surface area contributed by atoms with Gasteiger partial charge in [0.1, 0.15) is 5.69 Å². The highest BCUT2D eigenvalue weighted by Crippen LogP contribution is 2.21. The fourth-order valence-corrected chi connectivity index (χ4v) is 1.32. The number of alkyl halides is 2. The molecule has 0 aromatic carbocycles. The molecule has 1 aromatic rings. The number of aryl methyl sites for hydroxylation is 1. The van der Waals surface area contributed by atoms with Gasteiger partial charge in [0, 0.05) is 12.6 Å². The van der Waals surface area contributed by atoms with E-state index in [-0.39, 0.29) is 11.7 Å². The Bertz CT molecular complexity index is 294. The largest absolute Gasteiger partial charge is 0.323 e. The molecule has 0 saturated heterocycles. The second-order valence-corrected chi connectivity index (χ2v) is 3.31. The van der Waals surface area contributed by atoms with Crippen LogP contribution in [0, 0.1) is 0 Å². The van der Waals surface area contributed by atoms with Crippen molar-refractivity contribution in [2.45, 2.75) is 39.3 Å². The van der Waals surface area contributed by atoms with Crippen molar-refractivity contribution in [2.75, 3.05) is 0 Å². The lowest BCUT2D eigenvalue weighted by Gasteiger charge is -2.07. The van der Waals surface area contributed by atoms with Crippen LogP contribution in [-0.2, 0) is 6.54 Å². The van der Waals surface area contributed by atoms with Gasteiger partial charge in [-0.15, -0.1) is 0 Å². The SMILES string of the molecule is CCCn1nc(C(F)F)cc1[C@H](C)N. The van der Waals surface area contributed by atoms with Gasteiger partial charge < -0.3 is 5.73 Å². The highest BCUT2D eigenvalue weighted by atomic mass is 19.3. The van der Waals surface area contributed by atoms with Crippen molar-refractivity contribution < 1.29 is 8.78 Å². The van der Waals surface area contributed by atoms with Gasteiger partial charge in [-0.05, 0) is 19.4 Å². The summed E-state index contributed by atoms with van der Waals surface area (Å²) in [5.41, 5.74) is 6.13. The maximum absolute atomic E-state index is 12.3. The molecule has 0 unspecified atom stereocenters. The van der Waals surface area contributed by atoms with Crippen molar-refractivity contribution in [2.24, 2.45) is 5.73 Å². The first kappa shape index (κ1) is 11.1. The number of aromatic nitrogens is 2. The van der Waals surface area contributed by atoms with Crippen molar-refractivity contribution >= 4 is 0 Å². The summed E-state index contributed by atoms with van der Waals surface area (Å²) in [5.74, 6) is 0. The fraction of sp³-hybridized carbons (Fsp3) is 0.667. The van der Waals surface area contributed by atoms with Crippen LogP contribution in [0.15, 0.2) is 6.07 Å². The number of hydrogen-bond donors (Lipinski definition) is 1. The number of hydrogen-bond acceptors (Lipinski definition) is 2. The Kier molecular flexibility index (Phi) is 3.57. The Morgan fingerprint density at radius 3 is 2.64 bits per heavy atom. The van der Waals surface area contributed by atoms with Gasteiger partial charge in [0.15, 0.2) is 0 Å². The molecule has 0 fully saturated rings. The second-order valence-electron chi connectivity index (χ2n) is 3.31. The smallest absolute Gasteiger partial charge is 0.282 e. The summed E-state index contributed by atoms with van der Waals surface area (Å²) < 4.78 is 26.3. The van der Waals surface area contributed by atoms with Gasteiger partial charge in [-0.3, -0.25) is 4.68 Å². The quantitative estimate of drug-likeness (QED) is 0.815. The lowest BCUT2D eigenvalue weighted by molar-refractivity contribution is 0.145. The van der Waals surface area contributed by atoms with E-state index >= 15 is 0 Å². The standard InChI is InChI=1S/C9H15F2N3/c1-3-4-14-8(6(2)12)5-7(13-14)9(10)11/h5-6,9H,3-4,12H2,1-2H3/t6-/m0/s1. The van der Waals surface area contributed by atoms with Crippen LogP contribution in [0.2, 0.25) is 0 Å². The van der Waals surface area contributed by atoms with Crippen LogP contribution in [0.3, 0.4) is 0 Å². The molecule has 80 valence electrons. The predicted octanol–water partition coefficient (Wildman–Crippen LogP) is 2.25. The summed E-state index contributed by atoms with van der Waals surface area (Å²) in [5, 5.41) is 3.81. The average Bonchev–Trinajstić information content (AvgIpc) is 2.49. The van der Waals surface area contributed by atoms with Crippen LogP contribution in [0.25, 0.3) is 0 Å². The molecule has 0 amide bonds. The Labute approximate surface area is 81.9 Å². The van der Waals surface area contributed by atoms with E-state index < -0.39 is 6.43 Å². The summed E-state index contributed by atoms with van der Waals surface area (Å²) in [4.78, 5) is 0. The van der Waals surface area contributed by atoms with Gasteiger partial charge in [0.2, 0.25) is 0 Å². The molecule has 1 heterocycles. The average molecular weight is 203 g/mol. The van der Waals surface area contributed by atoms with Crippen molar-refractivity contribution in [3.05, 3.63) is 17.5 Å². The van der Waals surface area contributed by atoms with E-state index in [0.717, 1.165) is 6.42 Å². The second kappa shape index (κ2) is 4.50. The minimum Gasteiger partial charge on any atom is -0.323 e. The topological polar surface area (TPSA) is 43.8 Å². The van der Waals surface area contributed by atoms with Gasteiger partial charge in [-0.1, -0.05) is 6.92 Å². The molecule has 0 bridgehead atoms. The van der Waals surface area contributed by atoms with Crippen LogP contribution >= 0.6 is 0 Å². The first-order chi connectivity index (χ1) is 6.56. The van der Waals surface area contributed by atoms with Gasteiger partial charge in [0.05, 0.1) is 5.69 Å². The highest BCUT2D eigenvalue weighted by molar-refractivity contribution is 5.14. The van der Waals surface area contributed by atoms with Crippen LogP contribution in [0.4, 0.5) is 8.78 Å². The molecule has 0 aliphatic carbocycles. The van der Waals surface area contributed by atoms with E-state index in [2.05, 4.69) is 5.10 Å². The summed E-state index contributed by atoms with van der Waals surface area (Å²) >= 11 is 0. The summed E-state index contributed by atoms with van der Waals surface area (Å²) in [7, 11) is 0. The summed E-state index contributed by atoms with van der Waals surface area (Å²) in [6.07, 6.45) is -1.67. The maximum Gasteiger partial charge on any atom is 0.282 e. The zero-order valence-electron chi connectivity index (χ0n) is 8.37. The molecular formula is C9H15F2N3. The Morgan fingerprint density at radius 1 is 1.57 bits per heavy atom. The number of nitrogens with zero attached hydrogens (tertiary/aromatic N) is 2. The predicted molar refractivity (Wildman–Crippen MR) is 50.1 cm³/mol. The lowest BCUT2D eigenvalue weighted by Crippen LogP contribution is -2.13. The number of nitrogens with two attached hydrogens (primary N) is 1. The van der Waals surface area contributed by atoms with E-state index in [9.17, 15) is 8.78 Å². The molecule has 14 heavy (non-hydrogen) atoms. The molecule has 2 N–H and O–H groups in total. The fourth-order valence-electron chi connectivity index (χ4n) is 1.32. The Hall–Kier alpha value is -0.970. The third-order valence-corrected chi connectivity index (χ3v) is 1.96. The molecule has 1 aromatic heterocycles. The van der Waals surface area contributed by atoms with Gasteiger partial charge in [-0.2, -0.15) is 5.10 Å². The van der Waals surface area contributed by atoms with Gasteiger partial charge in [-0.25, -0.2) is 8.78 Å². The molecule has 5 heteroatoms. The van der Waals surface area contributed by atoms with Crippen molar-refractivity contribution in [1.82, 2.24) is 9.78 Å². The van der Waals surface area contributed by atoms with Crippen LogP contribution in [-0.4, -0.2) is 9.78 Å². The van der Waals surface area contributed by atoms with E-state index in [1.54, 1.807) is 11.6 Å². The molecule has 0 radical (unpaired) electrons. The number of halogens is 2. The molecule has 0 aliphatic heterocycles. The highest BCUT2D eigenvalue weighted by Gasteiger charge is 2.16. The van der Waals surface area contributed by atoms with Crippen molar-refractivity contribution in [3.63, 3.8) is 0 Å². The molecule has 1 atom stereocenters. The van der Waals surface area contributed by atoms with Crippen LogP contribution in [0.5, 0.6) is 0 Å². The van der Waals surface area contributed by atoms with Gasteiger partial charge in [0.25, 0.3) is 6.43 Å². The van der Waals surface area contributed by atoms with Crippen molar-refractivity contribution in [1.29, 1.82) is 0 Å². The zero-order chi connectivity index (χ0) is 10.7. The lowest BCUT2D eigenvalue weighted by atomic mass is 10.2. The molecule has 0 spiro atoms. The maximum atomic E-state index is 12.3. The van der Waals surface area contributed by atoms with E-state index in [4.69, 9.17) is 5.73 Å². The molecule has 0 saturated carbocycles. The minimum absolute atomic E-state index is 0.189. The van der Waals surface area contributed by atoms with E-state index in [1.165, 1.54) is 6.07 Å². The third-order valence-electron chi connectivity index (χ3n) is 1.96. The summed E-state index contributed by atoms with van der Waals surface area (Å²) in [6, 6.07) is 1.12. The van der Waals surface area contributed by atoms with E-state index in [0.29, 0.717) is 12.2 Å². The summed E-state index contributed by atoms with van der Waals surface area (Å²) in [6.45, 7) is 4.36. The molecular weight excluding hydrogens is 188 g/mol. The Morgan fingerprint density at radius 2 is 2.21 bits per heavy atom. The van der Waals surface area contributed by atoms with Crippen molar-refractivity contribution in [3.8, 4) is 0 Å². The minimum atomic E-state index is -2.52. The first-order valence-corrected chi connectivity index (χ1v) is 4.67. The first-order valence-electron chi connectivity index (χ1n) is 4.67. The van der Waals surface area contributed by atoms with Gasteiger partial charge >= 0.3 is 0 Å². The molecule has 0 aliphatic rings. The third kappa shape index (κ3) is 2.29. The Balaban J connectivity index is 2.99.